The number of hydrogen-bond acceptors (Lipinski definition) is 4. The molecule has 0 unspecified atom stereocenters. The number of urea groups is 1. The largest absolute Gasteiger partial charge is 0.465 e. The lowest BCUT2D eigenvalue weighted by Gasteiger charge is -2.08. The summed E-state index contributed by atoms with van der Waals surface area (Å²) in [6.07, 6.45) is 3.69. The van der Waals surface area contributed by atoms with E-state index in [0.29, 0.717) is 11.3 Å². The van der Waals surface area contributed by atoms with Gasteiger partial charge in [0, 0.05) is 29.3 Å². The monoisotopic (exact) mass is 381 g/mol. The summed E-state index contributed by atoms with van der Waals surface area (Å²) in [6.45, 7) is 0.763. The number of amides is 2. The summed E-state index contributed by atoms with van der Waals surface area (Å²) < 4.78 is 6.96. The Bertz CT molecular complexity index is 966. The molecule has 0 aliphatic heterocycles. The van der Waals surface area contributed by atoms with Gasteiger partial charge < -0.3 is 14.6 Å². The minimum Gasteiger partial charge on any atom is -0.465 e. The van der Waals surface area contributed by atoms with E-state index in [1.54, 1.807) is 18.3 Å². The first-order valence-corrected chi connectivity index (χ1v) is 8.97. The van der Waals surface area contributed by atoms with Crippen molar-refractivity contribution in [1.82, 2.24) is 10.0 Å². The van der Waals surface area contributed by atoms with Crippen molar-refractivity contribution in [2.24, 2.45) is 0 Å². The Hall–Kier alpha value is -3.32. The lowest BCUT2D eigenvalue weighted by atomic mass is 10.1. The minimum atomic E-state index is -0.497. The van der Waals surface area contributed by atoms with E-state index in [1.807, 2.05) is 28.8 Å². The normalized spacial score (nSPS) is 10.6. The van der Waals surface area contributed by atoms with E-state index in [0.717, 1.165) is 30.3 Å². The van der Waals surface area contributed by atoms with E-state index in [1.165, 1.54) is 19.8 Å². The summed E-state index contributed by atoms with van der Waals surface area (Å²) in [4.78, 5) is 28.5. The van der Waals surface area contributed by atoms with Gasteiger partial charge in [-0.25, -0.2) is 15.1 Å². The number of nitrogens with one attached hydrogen (secondary N) is 2. The number of esters is 1. The predicted octanol–water partition coefficient (Wildman–Crippen LogP) is 3.74. The average Bonchev–Trinajstić information content (AvgIpc) is 3.06. The van der Waals surface area contributed by atoms with Crippen LogP contribution in [0, 0.1) is 0 Å². The number of carbonyl (C=O) groups is 2. The summed E-state index contributed by atoms with van der Waals surface area (Å²) >= 11 is 0. The molecule has 7 heteroatoms. The van der Waals surface area contributed by atoms with Crippen LogP contribution in [0.15, 0.2) is 54.7 Å². The zero-order chi connectivity index (χ0) is 19.9. The highest BCUT2D eigenvalue weighted by Gasteiger charge is 2.16. The van der Waals surface area contributed by atoms with Gasteiger partial charge in [-0.2, -0.15) is 0 Å². The van der Waals surface area contributed by atoms with Crippen LogP contribution >= 0.6 is 0 Å². The van der Waals surface area contributed by atoms with Crippen LogP contribution in [0.5, 0.6) is 0 Å². The summed E-state index contributed by atoms with van der Waals surface area (Å²) in [5, 5.41) is 3.38. The number of carbonyl (C=O) groups excluding carboxylic acids is 2. The molecule has 2 aromatic carbocycles. The van der Waals surface area contributed by atoms with E-state index >= 15 is 0 Å². The topological polar surface area (TPSA) is 81.6 Å². The molecule has 3 aromatic rings. The first kappa shape index (κ1) is 19.4. The Balaban J connectivity index is 1.84. The molecule has 7 nitrogen and oxygen atoms in total. The highest BCUT2D eigenvalue weighted by Crippen LogP contribution is 2.26. The molecule has 28 heavy (non-hydrogen) atoms. The van der Waals surface area contributed by atoms with E-state index in [4.69, 9.17) is 4.74 Å². The SMILES string of the molecule is CONC(=O)Nc1ccc2c(c1)c(C(=O)OC)cn2CCCc1ccccc1. The number of aromatic nitrogens is 1. The molecule has 0 aliphatic rings. The van der Waals surface area contributed by atoms with Crippen LogP contribution in [0.1, 0.15) is 22.3 Å². The lowest BCUT2D eigenvalue weighted by molar-refractivity contribution is 0.0602. The predicted molar refractivity (Wildman–Crippen MR) is 107 cm³/mol. The Morgan fingerprint density at radius 1 is 1.07 bits per heavy atom. The third-order valence-corrected chi connectivity index (χ3v) is 4.45. The van der Waals surface area contributed by atoms with Crippen LogP contribution in [0.25, 0.3) is 10.9 Å². The van der Waals surface area contributed by atoms with Crippen LogP contribution in [0.4, 0.5) is 10.5 Å². The smallest absolute Gasteiger partial charge is 0.343 e. The molecule has 2 amide bonds. The molecule has 0 saturated heterocycles. The van der Waals surface area contributed by atoms with Crippen molar-refractivity contribution in [3.05, 3.63) is 65.9 Å². The van der Waals surface area contributed by atoms with Gasteiger partial charge in [0.15, 0.2) is 0 Å². The summed E-state index contributed by atoms with van der Waals surface area (Å²) in [5.74, 6) is -0.412. The van der Waals surface area contributed by atoms with Gasteiger partial charge in [0.25, 0.3) is 0 Å². The number of nitrogens with zero attached hydrogens (tertiary/aromatic N) is 1. The Labute approximate surface area is 163 Å². The van der Waals surface area contributed by atoms with Crippen LogP contribution in [0.3, 0.4) is 0 Å². The maximum absolute atomic E-state index is 12.2. The molecule has 0 bridgehead atoms. The number of benzene rings is 2. The number of methoxy groups -OCH3 is 1. The van der Waals surface area contributed by atoms with Crippen molar-refractivity contribution in [1.29, 1.82) is 0 Å². The standard InChI is InChI=1S/C21H23N3O4/c1-27-20(25)18-14-24(12-6-9-15-7-4-3-5-8-15)19-11-10-16(13-17(18)19)22-21(26)23-28-2/h3-5,7-8,10-11,13-14H,6,9,12H2,1-2H3,(H2,22,23,26). The van der Waals surface area contributed by atoms with Gasteiger partial charge in [0.2, 0.25) is 0 Å². The number of rotatable bonds is 7. The number of fused-ring (bicyclic) bond motifs is 1. The molecule has 1 heterocycles. The molecule has 0 atom stereocenters. The fourth-order valence-electron chi connectivity index (χ4n) is 3.18. The van der Waals surface area contributed by atoms with Crippen LogP contribution < -0.4 is 10.8 Å². The number of ether oxygens (including phenoxy) is 1. The minimum absolute atomic E-state index is 0.412. The van der Waals surface area contributed by atoms with Gasteiger partial charge in [0.05, 0.1) is 19.8 Å². The lowest BCUT2D eigenvalue weighted by Crippen LogP contribution is -2.27. The third kappa shape index (κ3) is 4.50. The van der Waals surface area contributed by atoms with E-state index < -0.39 is 12.0 Å². The van der Waals surface area contributed by atoms with Crippen molar-refractivity contribution < 1.29 is 19.2 Å². The molecule has 1 aromatic heterocycles. The molecule has 0 saturated carbocycles. The van der Waals surface area contributed by atoms with Gasteiger partial charge in [-0.1, -0.05) is 30.3 Å². The van der Waals surface area contributed by atoms with Gasteiger partial charge >= 0.3 is 12.0 Å². The average molecular weight is 381 g/mol. The van der Waals surface area contributed by atoms with Crippen LogP contribution in [0.2, 0.25) is 0 Å². The molecule has 146 valence electrons. The maximum atomic E-state index is 12.2. The first-order chi connectivity index (χ1) is 13.6. The Kier molecular flexibility index (Phi) is 6.29. The van der Waals surface area contributed by atoms with Crippen molar-refractivity contribution in [3.8, 4) is 0 Å². The zero-order valence-electron chi connectivity index (χ0n) is 15.9. The summed E-state index contributed by atoms with van der Waals surface area (Å²) in [5.41, 5.74) is 5.40. The van der Waals surface area contributed by atoms with Crippen molar-refractivity contribution in [2.75, 3.05) is 19.5 Å². The number of anilines is 1. The number of aryl methyl sites for hydroxylation is 2. The van der Waals surface area contributed by atoms with Crippen LogP contribution in [-0.2, 0) is 22.5 Å². The van der Waals surface area contributed by atoms with Crippen molar-refractivity contribution in [2.45, 2.75) is 19.4 Å². The van der Waals surface area contributed by atoms with E-state index in [-0.39, 0.29) is 0 Å². The quantitative estimate of drug-likeness (QED) is 0.482. The fourth-order valence-corrected chi connectivity index (χ4v) is 3.18. The number of hydrogen-bond donors (Lipinski definition) is 2. The molecule has 2 N–H and O–H groups in total. The van der Waals surface area contributed by atoms with Gasteiger partial charge in [0.1, 0.15) is 0 Å². The molecule has 3 rings (SSSR count). The van der Waals surface area contributed by atoms with E-state index in [9.17, 15) is 9.59 Å². The van der Waals surface area contributed by atoms with Gasteiger partial charge in [-0.05, 0) is 36.6 Å². The number of hydroxylamine groups is 1. The Morgan fingerprint density at radius 2 is 1.86 bits per heavy atom. The molecule has 0 spiro atoms. The fraction of sp³-hybridized carbons (Fsp3) is 0.238. The molecule has 0 radical (unpaired) electrons. The first-order valence-electron chi connectivity index (χ1n) is 8.97. The zero-order valence-corrected chi connectivity index (χ0v) is 15.9. The molecule has 0 fully saturated rings. The Morgan fingerprint density at radius 3 is 2.57 bits per heavy atom. The van der Waals surface area contributed by atoms with Crippen molar-refractivity contribution in [3.63, 3.8) is 0 Å². The molecular weight excluding hydrogens is 358 g/mol. The summed E-state index contributed by atoms with van der Waals surface area (Å²) in [6, 6.07) is 15.2. The third-order valence-electron chi connectivity index (χ3n) is 4.45. The maximum Gasteiger partial charge on any atom is 0.343 e. The second kappa shape index (κ2) is 9.05. The highest BCUT2D eigenvalue weighted by atomic mass is 16.6. The van der Waals surface area contributed by atoms with Gasteiger partial charge in [-0.15, -0.1) is 0 Å². The van der Waals surface area contributed by atoms with E-state index in [2.05, 4.69) is 27.8 Å². The van der Waals surface area contributed by atoms with Crippen molar-refractivity contribution >= 4 is 28.6 Å². The van der Waals surface area contributed by atoms with Gasteiger partial charge in [-0.3, -0.25) is 4.84 Å². The summed E-state index contributed by atoms with van der Waals surface area (Å²) in [7, 11) is 2.71. The molecule has 0 aliphatic carbocycles. The van der Waals surface area contributed by atoms with Crippen LogP contribution in [-0.4, -0.2) is 30.8 Å². The second-order valence-corrected chi connectivity index (χ2v) is 6.31. The highest BCUT2D eigenvalue weighted by molar-refractivity contribution is 6.06. The second-order valence-electron chi connectivity index (χ2n) is 6.31. The molecular formula is C21H23N3O4.